The number of hydrogen-bond donors (Lipinski definition) is 2. The van der Waals surface area contributed by atoms with Crippen LogP contribution in [0.2, 0.25) is 0 Å². The van der Waals surface area contributed by atoms with Crippen LogP contribution in [-0.4, -0.2) is 39.5 Å². The third-order valence-corrected chi connectivity index (χ3v) is 4.25. The number of hydrogen-bond acceptors (Lipinski definition) is 2. The van der Waals surface area contributed by atoms with Crippen molar-refractivity contribution in [2.45, 2.75) is 25.8 Å². The number of fused-ring (bicyclic) bond motifs is 1. The van der Waals surface area contributed by atoms with E-state index in [0.717, 1.165) is 23.7 Å². The van der Waals surface area contributed by atoms with Crippen LogP contribution in [0.25, 0.3) is 10.9 Å². The number of rotatable bonds is 2. The second kappa shape index (κ2) is 5.24. The first kappa shape index (κ1) is 13.7. The lowest BCUT2D eigenvalue weighted by atomic mass is 9.90. The Labute approximate surface area is 122 Å². The van der Waals surface area contributed by atoms with E-state index in [4.69, 9.17) is 0 Å². The van der Waals surface area contributed by atoms with Crippen LogP contribution in [0.1, 0.15) is 30.1 Å². The molecule has 3 rings (SSSR count). The number of nitrogens with one attached hydrogen (secondary N) is 1. The fraction of sp³-hybridized carbons (Fsp3) is 0.375. The first-order chi connectivity index (χ1) is 10.1. The fourth-order valence-corrected chi connectivity index (χ4v) is 3.14. The second-order valence-corrected chi connectivity index (χ2v) is 5.68. The summed E-state index contributed by atoms with van der Waals surface area (Å²) in [5.41, 5.74) is 1.51. The van der Waals surface area contributed by atoms with E-state index in [-0.39, 0.29) is 11.8 Å². The molecule has 2 unspecified atom stereocenters. The van der Waals surface area contributed by atoms with Gasteiger partial charge in [-0.05, 0) is 43.0 Å². The summed E-state index contributed by atoms with van der Waals surface area (Å²) in [5, 5.41) is 10.4. The van der Waals surface area contributed by atoms with Crippen LogP contribution < -0.4 is 0 Å². The first-order valence-electron chi connectivity index (χ1n) is 7.19. The zero-order valence-electron chi connectivity index (χ0n) is 11.9. The summed E-state index contributed by atoms with van der Waals surface area (Å²) in [5.74, 6) is -1.13. The molecule has 1 aliphatic rings. The van der Waals surface area contributed by atoms with Crippen molar-refractivity contribution in [3.05, 3.63) is 36.0 Å². The lowest BCUT2D eigenvalue weighted by molar-refractivity contribution is -0.145. The number of H-pyrrole nitrogens is 1. The van der Waals surface area contributed by atoms with Gasteiger partial charge in [0.15, 0.2) is 0 Å². The van der Waals surface area contributed by atoms with E-state index in [2.05, 4.69) is 4.98 Å². The highest BCUT2D eigenvalue weighted by Gasteiger charge is 2.37. The van der Waals surface area contributed by atoms with Crippen molar-refractivity contribution in [1.82, 2.24) is 9.88 Å². The maximum absolute atomic E-state index is 12.7. The quantitative estimate of drug-likeness (QED) is 0.890. The molecule has 0 radical (unpaired) electrons. The average Bonchev–Trinajstić information content (AvgIpc) is 2.93. The summed E-state index contributed by atoms with van der Waals surface area (Å²) in [6.45, 7) is 2.40. The number of aromatic amines is 1. The van der Waals surface area contributed by atoms with Crippen molar-refractivity contribution in [1.29, 1.82) is 0 Å². The standard InChI is InChI=1S/C16H18N2O3/c1-10-3-2-8-18(14(10)16(20)21)15(19)12-4-5-13-11(9-12)6-7-17-13/h4-7,9-10,14,17H,2-3,8H2,1H3,(H,20,21). The van der Waals surface area contributed by atoms with E-state index in [1.807, 2.05) is 31.3 Å². The van der Waals surface area contributed by atoms with Gasteiger partial charge in [0.25, 0.3) is 5.91 Å². The predicted molar refractivity (Wildman–Crippen MR) is 79.2 cm³/mol. The van der Waals surface area contributed by atoms with Crippen LogP contribution in [0.15, 0.2) is 30.5 Å². The van der Waals surface area contributed by atoms with Crippen molar-refractivity contribution in [3.8, 4) is 0 Å². The maximum atomic E-state index is 12.7. The van der Waals surface area contributed by atoms with Gasteiger partial charge in [-0.25, -0.2) is 4.79 Å². The van der Waals surface area contributed by atoms with E-state index in [9.17, 15) is 14.7 Å². The molecule has 1 saturated heterocycles. The highest BCUT2D eigenvalue weighted by molar-refractivity contribution is 5.99. The van der Waals surface area contributed by atoms with Crippen LogP contribution in [0, 0.1) is 5.92 Å². The number of aliphatic carboxylic acids is 1. The number of piperidine rings is 1. The molecule has 2 heterocycles. The number of benzene rings is 1. The van der Waals surface area contributed by atoms with Crippen molar-refractivity contribution in [2.75, 3.05) is 6.54 Å². The van der Waals surface area contributed by atoms with Gasteiger partial charge < -0.3 is 15.0 Å². The number of carboxylic acid groups (broad SMARTS) is 1. The SMILES string of the molecule is CC1CCCN(C(=O)c2ccc3[nH]ccc3c2)C1C(=O)O. The zero-order valence-corrected chi connectivity index (χ0v) is 11.9. The molecule has 2 aromatic rings. The van der Waals surface area contributed by atoms with E-state index in [1.165, 1.54) is 4.90 Å². The van der Waals surface area contributed by atoms with Gasteiger partial charge in [0.2, 0.25) is 0 Å². The second-order valence-electron chi connectivity index (χ2n) is 5.68. The molecule has 2 N–H and O–H groups in total. The molecular formula is C16H18N2O3. The minimum absolute atomic E-state index is 0.0174. The Bertz CT molecular complexity index is 692. The molecule has 5 nitrogen and oxygen atoms in total. The van der Waals surface area contributed by atoms with E-state index >= 15 is 0 Å². The molecule has 0 aliphatic carbocycles. The molecule has 1 aromatic carbocycles. The summed E-state index contributed by atoms with van der Waals surface area (Å²) in [6, 6.07) is 6.59. The highest BCUT2D eigenvalue weighted by atomic mass is 16.4. The van der Waals surface area contributed by atoms with Gasteiger partial charge in [-0.2, -0.15) is 0 Å². The maximum Gasteiger partial charge on any atom is 0.326 e. The molecule has 2 atom stereocenters. The van der Waals surface area contributed by atoms with Gasteiger partial charge in [0, 0.05) is 29.2 Å². The van der Waals surface area contributed by atoms with E-state index < -0.39 is 12.0 Å². The van der Waals surface area contributed by atoms with Crippen molar-refractivity contribution in [3.63, 3.8) is 0 Å². The summed E-state index contributed by atoms with van der Waals surface area (Å²) < 4.78 is 0. The smallest absolute Gasteiger partial charge is 0.326 e. The number of likely N-dealkylation sites (tertiary alicyclic amines) is 1. The Balaban J connectivity index is 1.93. The lowest BCUT2D eigenvalue weighted by Crippen LogP contribution is -2.51. The molecule has 21 heavy (non-hydrogen) atoms. The highest BCUT2D eigenvalue weighted by Crippen LogP contribution is 2.26. The van der Waals surface area contributed by atoms with Crippen molar-refractivity contribution < 1.29 is 14.7 Å². The van der Waals surface area contributed by atoms with Gasteiger partial charge in [-0.15, -0.1) is 0 Å². The third-order valence-electron chi connectivity index (χ3n) is 4.25. The van der Waals surface area contributed by atoms with Crippen LogP contribution in [-0.2, 0) is 4.79 Å². The van der Waals surface area contributed by atoms with Crippen molar-refractivity contribution >= 4 is 22.8 Å². The molecular weight excluding hydrogens is 268 g/mol. The molecule has 5 heteroatoms. The normalized spacial score (nSPS) is 22.4. The van der Waals surface area contributed by atoms with E-state index in [1.54, 1.807) is 6.07 Å². The molecule has 1 fully saturated rings. The summed E-state index contributed by atoms with van der Waals surface area (Å²) in [7, 11) is 0. The molecule has 110 valence electrons. The Morgan fingerprint density at radius 1 is 1.33 bits per heavy atom. The molecule has 0 saturated carbocycles. The summed E-state index contributed by atoms with van der Waals surface area (Å²) in [6.07, 6.45) is 3.52. The van der Waals surface area contributed by atoms with E-state index in [0.29, 0.717) is 12.1 Å². The van der Waals surface area contributed by atoms with Crippen LogP contribution in [0.3, 0.4) is 0 Å². The minimum atomic E-state index is -0.918. The Hall–Kier alpha value is -2.30. The summed E-state index contributed by atoms with van der Waals surface area (Å²) in [4.78, 5) is 28.7. The first-order valence-corrected chi connectivity index (χ1v) is 7.19. The Kier molecular flexibility index (Phi) is 3.41. The fourth-order valence-electron chi connectivity index (χ4n) is 3.14. The predicted octanol–water partition coefficient (Wildman–Crippen LogP) is 2.49. The molecule has 0 bridgehead atoms. The number of carboxylic acids is 1. The Morgan fingerprint density at radius 3 is 2.90 bits per heavy atom. The minimum Gasteiger partial charge on any atom is -0.480 e. The van der Waals surface area contributed by atoms with Gasteiger partial charge in [0.05, 0.1) is 0 Å². The number of aromatic nitrogens is 1. The molecule has 1 aliphatic heterocycles. The topological polar surface area (TPSA) is 73.4 Å². The van der Waals surface area contributed by atoms with Gasteiger partial charge in [0.1, 0.15) is 6.04 Å². The number of carbonyl (C=O) groups is 2. The largest absolute Gasteiger partial charge is 0.480 e. The Morgan fingerprint density at radius 2 is 2.14 bits per heavy atom. The van der Waals surface area contributed by atoms with Gasteiger partial charge in [-0.1, -0.05) is 6.92 Å². The van der Waals surface area contributed by atoms with Gasteiger partial charge in [-0.3, -0.25) is 4.79 Å². The van der Waals surface area contributed by atoms with Crippen LogP contribution >= 0.6 is 0 Å². The molecule has 1 amide bonds. The van der Waals surface area contributed by atoms with Crippen molar-refractivity contribution in [2.24, 2.45) is 5.92 Å². The number of nitrogens with zero attached hydrogens (tertiary/aromatic N) is 1. The monoisotopic (exact) mass is 286 g/mol. The van der Waals surface area contributed by atoms with Crippen LogP contribution in [0.4, 0.5) is 0 Å². The zero-order chi connectivity index (χ0) is 15.0. The van der Waals surface area contributed by atoms with Crippen LogP contribution in [0.5, 0.6) is 0 Å². The average molecular weight is 286 g/mol. The number of carbonyl (C=O) groups excluding carboxylic acids is 1. The third kappa shape index (κ3) is 2.39. The van der Waals surface area contributed by atoms with Gasteiger partial charge >= 0.3 is 5.97 Å². The summed E-state index contributed by atoms with van der Waals surface area (Å²) >= 11 is 0. The number of amides is 1. The lowest BCUT2D eigenvalue weighted by Gasteiger charge is -2.37. The molecule has 1 aromatic heterocycles. The molecule has 0 spiro atoms.